The summed E-state index contributed by atoms with van der Waals surface area (Å²) in [4.78, 5) is 15.3. The second kappa shape index (κ2) is 8.03. The van der Waals surface area contributed by atoms with Gasteiger partial charge in [-0.3, -0.25) is 9.69 Å². The highest BCUT2D eigenvalue weighted by Crippen LogP contribution is 2.25. The van der Waals surface area contributed by atoms with E-state index in [1.807, 2.05) is 6.92 Å². The number of carbonyl (C=O) groups is 1. The van der Waals surface area contributed by atoms with Crippen molar-refractivity contribution < 1.29 is 9.18 Å². The highest BCUT2D eigenvalue weighted by molar-refractivity contribution is 5.95. The van der Waals surface area contributed by atoms with E-state index < -0.39 is 0 Å². The van der Waals surface area contributed by atoms with E-state index in [0.29, 0.717) is 12.1 Å². The van der Waals surface area contributed by atoms with E-state index in [4.69, 9.17) is 0 Å². The largest absolute Gasteiger partial charge is 0.350 e. The van der Waals surface area contributed by atoms with Crippen LogP contribution in [0.1, 0.15) is 41.0 Å². The van der Waals surface area contributed by atoms with E-state index in [1.54, 1.807) is 23.0 Å². The SMILES string of the molecule is Cc1c(C(=O)NCC(C)(C)N2CCc3ccccc3C2)cnn1-c1ccc(F)cc1. The minimum atomic E-state index is -0.302. The van der Waals surface area contributed by atoms with Gasteiger partial charge in [0.25, 0.3) is 5.91 Å². The Kier molecular flexibility index (Phi) is 5.43. The number of fused-ring (bicyclic) bond motifs is 1. The van der Waals surface area contributed by atoms with Gasteiger partial charge in [-0.1, -0.05) is 24.3 Å². The van der Waals surface area contributed by atoms with Gasteiger partial charge in [0.15, 0.2) is 0 Å². The van der Waals surface area contributed by atoms with Crippen molar-refractivity contribution >= 4 is 5.91 Å². The van der Waals surface area contributed by atoms with Crippen LogP contribution in [0.15, 0.2) is 54.7 Å². The maximum atomic E-state index is 13.2. The van der Waals surface area contributed by atoms with Crippen LogP contribution in [-0.2, 0) is 13.0 Å². The van der Waals surface area contributed by atoms with Crippen LogP contribution in [0, 0.1) is 12.7 Å². The molecule has 0 saturated carbocycles. The number of amides is 1. The zero-order chi connectivity index (χ0) is 21.3. The van der Waals surface area contributed by atoms with Crippen LogP contribution in [0.2, 0.25) is 0 Å². The first-order valence-corrected chi connectivity index (χ1v) is 10.3. The molecule has 1 aliphatic heterocycles. The quantitative estimate of drug-likeness (QED) is 0.700. The van der Waals surface area contributed by atoms with Gasteiger partial charge in [-0.15, -0.1) is 0 Å². The Labute approximate surface area is 176 Å². The predicted molar refractivity (Wildman–Crippen MR) is 115 cm³/mol. The lowest BCUT2D eigenvalue weighted by Gasteiger charge is -2.41. The topological polar surface area (TPSA) is 50.2 Å². The Balaban J connectivity index is 1.43. The van der Waals surface area contributed by atoms with Crippen molar-refractivity contribution in [2.75, 3.05) is 13.1 Å². The first kappa shape index (κ1) is 20.3. The van der Waals surface area contributed by atoms with E-state index in [9.17, 15) is 9.18 Å². The molecule has 0 atom stereocenters. The van der Waals surface area contributed by atoms with Crippen molar-refractivity contribution in [1.82, 2.24) is 20.0 Å². The molecule has 0 spiro atoms. The maximum absolute atomic E-state index is 13.2. The summed E-state index contributed by atoms with van der Waals surface area (Å²) in [5.74, 6) is -0.449. The summed E-state index contributed by atoms with van der Waals surface area (Å²) in [5.41, 5.74) is 4.57. The summed E-state index contributed by atoms with van der Waals surface area (Å²) >= 11 is 0. The van der Waals surface area contributed by atoms with Gasteiger partial charge < -0.3 is 5.32 Å². The first-order chi connectivity index (χ1) is 14.3. The fourth-order valence-electron chi connectivity index (χ4n) is 3.99. The van der Waals surface area contributed by atoms with Gasteiger partial charge >= 0.3 is 0 Å². The van der Waals surface area contributed by atoms with Crippen molar-refractivity contribution in [2.24, 2.45) is 0 Å². The zero-order valence-corrected chi connectivity index (χ0v) is 17.7. The van der Waals surface area contributed by atoms with Crippen molar-refractivity contribution in [3.05, 3.63) is 82.9 Å². The van der Waals surface area contributed by atoms with Gasteiger partial charge in [0.1, 0.15) is 5.82 Å². The van der Waals surface area contributed by atoms with Crippen LogP contribution in [0.25, 0.3) is 5.69 Å². The molecular weight excluding hydrogens is 379 g/mol. The van der Waals surface area contributed by atoms with Crippen LogP contribution >= 0.6 is 0 Å². The molecule has 6 heteroatoms. The van der Waals surface area contributed by atoms with Crippen LogP contribution < -0.4 is 5.32 Å². The number of hydrogen-bond donors (Lipinski definition) is 1. The smallest absolute Gasteiger partial charge is 0.254 e. The highest BCUT2D eigenvalue weighted by Gasteiger charge is 2.30. The molecule has 2 heterocycles. The molecule has 5 nitrogen and oxygen atoms in total. The normalized spacial score (nSPS) is 14.4. The molecule has 0 aliphatic carbocycles. The number of benzene rings is 2. The molecular formula is C24H27FN4O. The number of hydrogen-bond acceptors (Lipinski definition) is 3. The summed E-state index contributed by atoms with van der Waals surface area (Å²) in [6.45, 7) is 8.57. The molecule has 156 valence electrons. The molecule has 0 saturated heterocycles. The minimum Gasteiger partial charge on any atom is -0.350 e. The summed E-state index contributed by atoms with van der Waals surface area (Å²) in [6.07, 6.45) is 2.59. The van der Waals surface area contributed by atoms with E-state index in [0.717, 1.165) is 30.9 Å². The number of rotatable bonds is 5. The van der Waals surface area contributed by atoms with Crippen LogP contribution in [0.4, 0.5) is 4.39 Å². The maximum Gasteiger partial charge on any atom is 0.254 e. The van der Waals surface area contributed by atoms with E-state index in [-0.39, 0.29) is 17.3 Å². The molecule has 1 aromatic heterocycles. The molecule has 3 aromatic rings. The zero-order valence-electron chi connectivity index (χ0n) is 17.7. The predicted octanol–water partition coefficient (Wildman–Crippen LogP) is 3.89. The highest BCUT2D eigenvalue weighted by atomic mass is 19.1. The number of halogens is 1. The van der Waals surface area contributed by atoms with E-state index in [1.165, 1.54) is 23.3 Å². The molecule has 2 aromatic carbocycles. The second-order valence-electron chi connectivity index (χ2n) is 8.47. The lowest BCUT2D eigenvalue weighted by atomic mass is 9.94. The third-order valence-corrected chi connectivity index (χ3v) is 5.99. The van der Waals surface area contributed by atoms with Crippen LogP contribution in [0.5, 0.6) is 0 Å². The second-order valence-corrected chi connectivity index (χ2v) is 8.47. The summed E-state index contributed by atoms with van der Waals surface area (Å²) in [7, 11) is 0. The van der Waals surface area contributed by atoms with Gasteiger partial charge in [-0.05, 0) is 62.6 Å². The summed E-state index contributed by atoms with van der Waals surface area (Å²) in [5, 5.41) is 7.40. The monoisotopic (exact) mass is 406 g/mol. The lowest BCUT2D eigenvalue weighted by Crippen LogP contribution is -2.53. The Morgan fingerprint density at radius 1 is 1.13 bits per heavy atom. The number of carbonyl (C=O) groups excluding carboxylic acids is 1. The van der Waals surface area contributed by atoms with E-state index >= 15 is 0 Å². The standard InChI is InChI=1S/C24H27FN4O/c1-17-22(14-27-29(17)21-10-8-20(25)9-11-21)23(30)26-16-24(2,3)28-13-12-18-6-4-5-7-19(18)15-28/h4-11,14H,12-13,15-16H2,1-3H3,(H,26,30). The Hall–Kier alpha value is -2.99. The molecule has 30 heavy (non-hydrogen) atoms. The molecule has 0 unspecified atom stereocenters. The number of nitrogens with one attached hydrogen (secondary N) is 1. The van der Waals surface area contributed by atoms with Crippen molar-refractivity contribution in [3.8, 4) is 5.69 Å². The van der Waals surface area contributed by atoms with Crippen molar-refractivity contribution in [3.63, 3.8) is 0 Å². The fourth-order valence-corrected chi connectivity index (χ4v) is 3.99. The van der Waals surface area contributed by atoms with Gasteiger partial charge in [0.05, 0.1) is 23.1 Å². The molecule has 0 fully saturated rings. The molecule has 1 aliphatic rings. The molecule has 1 amide bonds. The molecule has 4 rings (SSSR count). The minimum absolute atomic E-state index is 0.147. The Bertz CT molecular complexity index is 1060. The van der Waals surface area contributed by atoms with Crippen molar-refractivity contribution in [2.45, 2.75) is 39.3 Å². The lowest BCUT2D eigenvalue weighted by molar-refractivity contribution is 0.0825. The summed E-state index contributed by atoms with van der Waals surface area (Å²) < 4.78 is 14.8. The first-order valence-electron chi connectivity index (χ1n) is 10.3. The van der Waals surface area contributed by atoms with Crippen molar-refractivity contribution in [1.29, 1.82) is 0 Å². The van der Waals surface area contributed by atoms with E-state index in [2.05, 4.69) is 53.4 Å². The van der Waals surface area contributed by atoms with Gasteiger partial charge in [0, 0.05) is 25.2 Å². The average Bonchev–Trinajstić information content (AvgIpc) is 3.13. The third kappa shape index (κ3) is 4.00. The molecule has 0 radical (unpaired) electrons. The fraction of sp³-hybridized carbons (Fsp3) is 0.333. The average molecular weight is 407 g/mol. The van der Waals surface area contributed by atoms with Crippen LogP contribution in [0.3, 0.4) is 0 Å². The van der Waals surface area contributed by atoms with Gasteiger partial charge in [0.2, 0.25) is 0 Å². The molecule has 1 N–H and O–H groups in total. The number of nitrogens with zero attached hydrogens (tertiary/aromatic N) is 3. The van der Waals surface area contributed by atoms with Crippen LogP contribution in [-0.4, -0.2) is 39.2 Å². The van der Waals surface area contributed by atoms with Gasteiger partial charge in [-0.25, -0.2) is 9.07 Å². The third-order valence-electron chi connectivity index (χ3n) is 5.99. The molecule has 0 bridgehead atoms. The number of aromatic nitrogens is 2. The Morgan fingerprint density at radius 3 is 2.57 bits per heavy atom. The summed E-state index contributed by atoms with van der Waals surface area (Å²) in [6, 6.07) is 14.6. The van der Waals surface area contributed by atoms with Gasteiger partial charge in [-0.2, -0.15) is 5.10 Å². The Morgan fingerprint density at radius 2 is 1.83 bits per heavy atom.